The number of para-hydroxylation sites is 1. The van der Waals surface area contributed by atoms with Crippen LogP contribution in [0.4, 0.5) is 5.69 Å². The van der Waals surface area contributed by atoms with Crippen molar-refractivity contribution in [1.29, 1.82) is 0 Å². The molecule has 0 aromatic heterocycles. The molecule has 1 heterocycles. The Hall–Kier alpha value is -3.24. The summed E-state index contributed by atoms with van der Waals surface area (Å²) in [6.45, 7) is 2.73. The van der Waals surface area contributed by atoms with Crippen molar-refractivity contribution in [2.45, 2.75) is 13.1 Å². The summed E-state index contributed by atoms with van der Waals surface area (Å²) in [5, 5.41) is 0. The van der Waals surface area contributed by atoms with Gasteiger partial charge in [0.15, 0.2) is 5.78 Å². The Morgan fingerprint density at radius 3 is 2.46 bits per heavy atom. The Labute approximate surface area is 165 Å². The van der Waals surface area contributed by atoms with Crippen molar-refractivity contribution in [2.24, 2.45) is 10.7 Å². The minimum absolute atomic E-state index is 0.0864. The van der Waals surface area contributed by atoms with E-state index in [2.05, 4.69) is 0 Å². The van der Waals surface area contributed by atoms with E-state index in [0.29, 0.717) is 6.54 Å². The standard InChI is InChI=1S/C24H23N3O/c1-17-9-5-6-12-19(17)22(28)15-27-16-23(25)26-24(18-10-3-2-4-11-18)20-13-7-8-14-21(20)27/h2-14,23H,15-16,25H2,1H3/t23-/m0/s1. The van der Waals surface area contributed by atoms with Crippen LogP contribution in [0.1, 0.15) is 27.0 Å². The van der Waals surface area contributed by atoms with E-state index in [1.54, 1.807) is 0 Å². The molecule has 0 unspecified atom stereocenters. The Balaban J connectivity index is 1.72. The van der Waals surface area contributed by atoms with Crippen LogP contribution in [0.15, 0.2) is 83.9 Å². The van der Waals surface area contributed by atoms with E-state index in [4.69, 9.17) is 10.7 Å². The maximum absolute atomic E-state index is 13.0. The average Bonchev–Trinajstić information content (AvgIpc) is 2.86. The van der Waals surface area contributed by atoms with Crippen molar-refractivity contribution in [3.8, 4) is 0 Å². The molecule has 4 heteroatoms. The number of benzene rings is 3. The Morgan fingerprint density at radius 1 is 1.00 bits per heavy atom. The highest BCUT2D eigenvalue weighted by Gasteiger charge is 2.24. The summed E-state index contributed by atoms with van der Waals surface area (Å²) in [7, 11) is 0. The minimum atomic E-state index is -0.410. The van der Waals surface area contributed by atoms with Crippen LogP contribution in [0, 0.1) is 6.92 Å². The summed E-state index contributed by atoms with van der Waals surface area (Å²) in [5.41, 5.74) is 12.0. The van der Waals surface area contributed by atoms with Crippen LogP contribution >= 0.6 is 0 Å². The van der Waals surface area contributed by atoms with E-state index in [0.717, 1.165) is 33.7 Å². The number of aliphatic imine (C=N–C) groups is 1. The van der Waals surface area contributed by atoms with Gasteiger partial charge < -0.3 is 10.6 Å². The molecular formula is C24H23N3O. The fraction of sp³-hybridized carbons (Fsp3) is 0.167. The lowest BCUT2D eigenvalue weighted by atomic mass is 9.99. The zero-order valence-corrected chi connectivity index (χ0v) is 15.9. The molecule has 3 aromatic rings. The number of hydrogen-bond acceptors (Lipinski definition) is 4. The summed E-state index contributed by atoms with van der Waals surface area (Å²) in [5.74, 6) is 0.0864. The highest BCUT2D eigenvalue weighted by Crippen LogP contribution is 2.27. The van der Waals surface area contributed by atoms with Gasteiger partial charge in [-0.2, -0.15) is 0 Å². The van der Waals surface area contributed by atoms with Crippen LogP contribution < -0.4 is 10.6 Å². The molecule has 0 radical (unpaired) electrons. The van der Waals surface area contributed by atoms with Crippen LogP contribution in [0.2, 0.25) is 0 Å². The minimum Gasteiger partial charge on any atom is -0.360 e. The molecule has 4 nitrogen and oxygen atoms in total. The number of Topliss-reactive ketones (excluding diaryl/α,β-unsaturated/α-hetero) is 1. The van der Waals surface area contributed by atoms with Gasteiger partial charge in [-0.05, 0) is 18.6 Å². The molecule has 0 fully saturated rings. The number of carbonyl (C=O) groups excluding carboxylic acids is 1. The second kappa shape index (κ2) is 7.79. The van der Waals surface area contributed by atoms with Gasteiger partial charge in [-0.3, -0.25) is 9.79 Å². The van der Waals surface area contributed by atoms with E-state index in [1.165, 1.54) is 0 Å². The molecule has 4 rings (SSSR count). The van der Waals surface area contributed by atoms with Crippen LogP contribution in [0.25, 0.3) is 0 Å². The van der Waals surface area contributed by atoms with Crippen LogP contribution in [-0.4, -0.2) is 30.8 Å². The van der Waals surface area contributed by atoms with Crippen LogP contribution in [0.3, 0.4) is 0 Å². The van der Waals surface area contributed by atoms with Crippen molar-refractivity contribution >= 4 is 17.2 Å². The third kappa shape index (κ3) is 3.59. The van der Waals surface area contributed by atoms with Gasteiger partial charge in [-0.15, -0.1) is 0 Å². The maximum atomic E-state index is 13.0. The zero-order valence-electron chi connectivity index (χ0n) is 15.9. The van der Waals surface area contributed by atoms with E-state index in [9.17, 15) is 4.79 Å². The van der Waals surface area contributed by atoms with Crippen molar-refractivity contribution in [1.82, 2.24) is 0 Å². The molecule has 1 atom stereocenters. The molecule has 28 heavy (non-hydrogen) atoms. The number of nitrogens with two attached hydrogens (primary N) is 1. The summed E-state index contributed by atoms with van der Waals surface area (Å²) < 4.78 is 0. The first-order valence-electron chi connectivity index (χ1n) is 9.45. The van der Waals surface area contributed by atoms with E-state index < -0.39 is 6.17 Å². The van der Waals surface area contributed by atoms with Crippen molar-refractivity contribution < 1.29 is 4.79 Å². The third-order valence-corrected chi connectivity index (χ3v) is 5.03. The number of hydrogen-bond donors (Lipinski definition) is 1. The number of fused-ring (bicyclic) bond motifs is 1. The lowest BCUT2D eigenvalue weighted by Gasteiger charge is -2.25. The SMILES string of the molecule is Cc1ccccc1C(=O)CN1C[C@@H](N)N=C(c2ccccc2)c2ccccc21. The fourth-order valence-corrected chi connectivity index (χ4v) is 3.67. The number of ketones is 1. The second-order valence-electron chi connectivity index (χ2n) is 7.05. The van der Waals surface area contributed by atoms with Gasteiger partial charge in [0.25, 0.3) is 0 Å². The van der Waals surface area contributed by atoms with Crippen molar-refractivity contribution in [2.75, 3.05) is 18.0 Å². The number of anilines is 1. The molecular weight excluding hydrogens is 346 g/mol. The van der Waals surface area contributed by atoms with Gasteiger partial charge in [-0.1, -0.05) is 72.8 Å². The average molecular weight is 369 g/mol. The first-order chi connectivity index (χ1) is 13.6. The molecule has 2 N–H and O–H groups in total. The Morgan fingerprint density at radius 2 is 1.68 bits per heavy atom. The number of nitrogens with zero attached hydrogens (tertiary/aromatic N) is 2. The molecule has 0 aliphatic carbocycles. The lowest BCUT2D eigenvalue weighted by Crippen LogP contribution is -2.39. The molecule has 0 spiro atoms. The predicted molar refractivity (Wildman–Crippen MR) is 114 cm³/mol. The van der Waals surface area contributed by atoms with Crippen molar-refractivity contribution in [3.05, 3.63) is 101 Å². The van der Waals surface area contributed by atoms with Gasteiger partial charge >= 0.3 is 0 Å². The molecule has 0 amide bonds. The van der Waals surface area contributed by atoms with Crippen molar-refractivity contribution in [3.63, 3.8) is 0 Å². The normalized spacial score (nSPS) is 16.1. The molecule has 140 valence electrons. The van der Waals surface area contributed by atoms with Gasteiger partial charge in [0.2, 0.25) is 0 Å². The van der Waals surface area contributed by atoms with Gasteiger partial charge in [0.1, 0.15) is 6.17 Å². The molecule has 1 aliphatic rings. The summed E-state index contributed by atoms with van der Waals surface area (Å²) in [4.78, 5) is 19.8. The first kappa shape index (κ1) is 18.1. The summed E-state index contributed by atoms with van der Waals surface area (Å²) in [6.07, 6.45) is -0.410. The topological polar surface area (TPSA) is 58.7 Å². The second-order valence-corrected chi connectivity index (χ2v) is 7.05. The van der Waals surface area contributed by atoms with Gasteiger partial charge in [0.05, 0.1) is 18.8 Å². The van der Waals surface area contributed by atoms with E-state index in [-0.39, 0.29) is 12.3 Å². The Kier molecular flexibility index (Phi) is 5.04. The quantitative estimate of drug-likeness (QED) is 0.711. The van der Waals surface area contributed by atoms with E-state index in [1.807, 2.05) is 90.7 Å². The van der Waals surface area contributed by atoms with Gasteiger partial charge in [0, 0.05) is 22.4 Å². The summed E-state index contributed by atoms with van der Waals surface area (Å²) in [6, 6.07) is 25.8. The van der Waals surface area contributed by atoms with E-state index >= 15 is 0 Å². The summed E-state index contributed by atoms with van der Waals surface area (Å²) >= 11 is 0. The largest absolute Gasteiger partial charge is 0.360 e. The lowest BCUT2D eigenvalue weighted by molar-refractivity contribution is 0.0998. The number of aryl methyl sites for hydroxylation is 1. The van der Waals surface area contributed by atoms with Crippen LogP contribution in [0.5, 0.6) is 0 Å². The monoisotopic (exact) mass is 369 g/mol. The fourth-order valence-electron chi connectivity index (χ4n) is 3.67. The zero-order chi connectivity index (χ0) is 19.5. The molecule has 3 aromatic carbocycles. The number of carbonyl (C=O) groups is 1. The van der Waals surface area contributed by atoms with Gasteiger partial charge in [-0.25, -0.2) is 0 Å². The molecule has 1 aliphatic heterocycles. The highest BCUT2D eigenvalue weighted by molar-refractivity contribution is 6.16. The predicted octanol–water partition coefficient (Wildman–Crippen LogP) is 3.82. The molecule has 0 saturated heterocycles. The number of benzodiazepines with no additional fused rings is 1. The van der Waals surface area contributed by atoms with Crippen LogP contribution in [-0.2, 0) is 0 Å². The highest BCUT2D eigenvalue weighted by atomic mass is 16.1. The maximum Gasteiger partial charge on any atom is 0.182 e. The first-order valence-corrected chi connectivity index (χ1v) is 9.45. The number of rotatable bonds is 4. The molecule has 0 bridgehead atoms. The third-order valence-electron chi connectivity index (χ3n) is 5.03. The molecule has 0 saturated carbocycles. The Bertz CT molecular complexity index is 1030. The smallest absolute Gasteiger partial charge is 0.182 e.